The van der Waals surface area contributed by atoms with Gasteiger partial charge < -0.3 is 10.1 Å². The summed E-state index contributed by atoms with van der Waals surface area (Å²) in [6.07, 6.45) is 0.241. The first-order valence-corrected chi connectivity index (χ1v) is 6.38. The first-order chi connectivity index (χ1) is 9.63. The van der Waals surface area contributed by atoms with Crippen LogP contribution in [0.4, 0.5) is 10.1 Å². The van der Waals surface area contributed by atoms with Gasteiger partial charge in [0.15, 0.2) is 0 Å². The molecule has 1 amide bonds. The highest BCUT2D eigenvalue weighted by molar-refractivity contribution is 5.90. The van der Waals surface area contributed by atoms with Crippen LogP contribution in [-0.2, 0) is 4.79 Å². The summed E-state index contributed by atoms with van der Waals surface area (Å²) >= 11 is 0. The number of aryl methyl sites for hydroxylation is 1. The summed E-state index contributed by atoms with van der Waals surface area (Å²) in [5.74, 6) is 0.250. The lowest BCUT2D eigenvalue weighted by Gasteiger charge is -2.07. The van der Waals surface area contributed by atoms with Gasteiger partial charge in [0.2, 0.25) is 5.91 Å². The zero-order valence-electron chi connectivity index (χ0n) is 11.2. The van der Waals surface area contributed by atoms with E-state index in [0.29, 0.717) is 12.3 Å². The lowest BCUT2D eigenvalue weighted by atomic mass is 10.2. The molecule has 0 aromatic heterocycles. The molecule has 0 aliphatic rings. The lowest BCUT2D eigenvalue weighted by molar-refractivity contribution is -0.116. The summed E-state index contributed by atoms with van der Waals surface area (Å²) in [6.45, 7) is 2.30. The Morgan fingerprint density at radius 1 is 1.10 bits per heavy atom. The Balaban J connectivity index is 1.75. The van der Waals surface area contributed by atoms with Crippen LogP contribution in [0.3, 0.4) is 0 Å². The van der Waals surface area contributed by atoms with Gasteiger partial charge in [-0.3, -0.25) is 4.79 Å². The number of ether oxygens (including phenoxy) is 1. The number of carbonyl (C=O) groups is 1. The van der Waals surface area contributed by atoms with Gasteiger partial charge in [-0.15, -0.1) is 0 Å². The van der Waals surface area contributed by atoms with E-state index in [1.807, 2.05) is 31.2 Å². The molecular formula is C16H16FNO2. The molecular weight excluding hydrogens is 257 g/mol. The quantitative estimate of drug-likeness (QED) is 0.904. The van der Waals surface area contributed by atoms with Gasteiger partial charge in [0.05, 0.1) is 13.0 Å². The summed E-state index contributed by atoms with van der Waals surface area (Å²) in [7, 11) is 0. The molecule has 1 N–H and O–H groups in total. The summed E-state index contributed by atoms with van der Waals surface area (Å²) in [5.41, 5.74) is 1.73. The molecule has 0 atom stereocenters. The van der Waals surface area contributed by atoms with Crippen molar-refractivity contribution in [2.45, 2.75) is 13.3 Å². The number of anilines is 1. The molecule has 0 saturated carbocycles. The Labute approximate surface area is 117 Å². The number of hydrogen-bond donors (Lipinski definition) is 1. The molecule has 0 unspecified atom stereocenters. The van der Waals surface area contributed by atoms with E-state index in [0.717, 1.165) is 11.3 Å². The summed E-state index contributed by atoms with van der Waals surface area (Å²) in [6, 6.07) is 13.3. The van der Waals surface area contributed by atoms with Crippen molar-refractivity contribution in [2.24, 2.45) is 0 Å². The summed E-state index contributed by atoms with van der Waals surface area (Å²) in [4.78, 5) is 11.7. The molecule has 2 rings (SSSR count). The third-order valence-corrected chi connectivity index (χ3v) is 2.75. The topological polar surface area (TPSA) is 38.3 Å². The van der Waals surface area contributed by atoms with Crippen LogP contribution in [0, 0.1) is 12.7 Å². The minimum atomic E-state index is -0.328. The van der Waals surface area contributed by atoms with Gasteiger partial charge in [-0.05, 0) is 43.3 Å². The van der Waals surface area contributed by atoms with Gasteiger partial charge in [0.1, 0.15) is 11.6 Å². The van der Waals surface area contributed by atoms with Crippen molar-refractivity contribution >= 4 is 11.6 Å². The fraction of sp³-hybridized carbons (Fsp3) is 0.188. The lowest BCUT2D eigenvalue weighted by Crippen LogP contribution is -2.15. The van der Waals surface area contributed by atoms with Crippen molar-refractivity contribution in [1.29, 1.82) is 0 Å². The Morgan fingerprint density at radius 3 is 2.40 bits per heavy atom. The molecule has 0 aliphatic heterocycles. The van der Waals surface area contributed by atoms with Crippen molar-refractivity contribution < 1.29 is 13.9 Å². The van der Waals surface area contributed by atoms with E-state index in [4.69, 9.17) is 4.74 Å². The van der Waals surface area contributed by atoms with Crippen molar-refractivity contribution in [1.82, 2.24) is 0 Å². The smallest absolute Gasteiger partial charge is 0.227 e. The van der Waals surface area contributed by atoms with Gasteiger partial charge in [0.25, 0.3) is 0 Å². The van der Waals surface area contributed by atoms with Crippen molar-refractivity contribution in [3.8, 4) is 5.75 Å². The largest absolute Gasteiger partial charge is 0.493 e. The van der Waals surface area contributed by atoms with E-state index in [-0.39, 0.29) is 18.1 Å². The number of rotatable bonds is 5. The second kappa shape index (κ2) is 6.70. The molecule has 4 heteroatoms. The fourth-order valence-corrected chi connectivity index (χ4v) is 1.65. The molecule has 0 radical (unpaired) electrons. The standard InChI is InChI=1S/C16H16FNO2/c1-12-2-8-15(9-3-12)20-11-10-16(19)18-14-6-4-13(17)5-7-14/h2-9H,10-11H2,1H3,(H,18,19). The molecule has 0 aliphatic carbocycles. The number of halogens is 1. The van der Waals surface area contributed by atoms with Crippen molar-refractivity contribution in [3.05, 3.63) is 59.9 Å². The van der Waals surface area contributed by atoms with Crippen LogP contribution in [0.2, 0.25) is 0 Å². The maximum absolute atomic E-state index is 12.7. The number of nitrogens with one attached hydrogen (secondary N) is 1. The van der Waals surface area contributed by atoms with Crippen LogP contribution in [0.25, 0.3) is 0 Å². The maximum Gasteiger partial charge on any atom is 0.227 e. The van der Waals surface area contributed by atoms with Gasteiger partial charge in [-0.2, -0.15) is 0 Å². The highest BCUT2D eigenvalue weighted by Crippen LogP contribution is 2.12. The Bertz CT molecular complexity index is 564. The SMILES string of the molecule is Cc1ccc(OCCC(=O)Nc2ccc(F)cc2)cc1. The van der Waals surface area contributed by atoms with Crippen LogP contribution < -0.4 is 10.1 Å². The first-order valence-electron chi connectivity index (χ1n) is 6.38. The fourth-order valence-electron chi connectivity index (χ4n) is 1.65. The Hall–Kier alpha value is -2.36. The molecule has 2 aromatic rings. The number of hydrogen-bond acceptors (Lipinski definition) is 2. The van der Waals surface area contributed by atoms with Crippen LogP contribution >= 0.6 is 0 Å². The zero-order valence-corrected chi connectivity index (χ0v) is 11.2. The molecule has 0 saturated heterocycles. The van der Waals surface area contributed by atoms with E-state index in [2.05, 4.69) is 5.32 Å². The molecule has 0 bridgehead atoms. The monoisotopic (exact) mass is 273 g/mol. The molecule has 104 valence electrons. The molecule has 3 nitrogen and oxygen atoms in total. The van der Waals surface area contributed by atoms with E-state index in [1.54, 1.807) is 0 Å². The van der Waals surface area contributed by atoms with Crippen LogP contribution in [0.5, 0.6) is 5.75 Å². The normalized spacial score (nSPS) is 10.1. The first kappa shape index (κ1) is 14.1. The Morgan fingerprint density at radius 2 is 1.75 bits per heavy atom. The van der Waals surface area contributed by atoms with Gasteiger partial charge in [0, 0.05) is 5.69 Å². The predicted molar refractivity (Wildman–Crippen MR) is 76.3 cm³/mol. The van der Waals surface area contributed by atoms with Crippen molar-refractivity contribution in [2.75, 3.05) is 11.9 Å². The third kappa shape index (κ3) is 4.39. The number of carbonyl (C=O) groups excluding carboxylic acids is 1. The summed E-state index contributed by atoms with van der Waals surface area (Å²) < 4.78 is 18.2. The van der Waals surface area contributed by atoms with Gasteiger partial charge in [-0.25, -0.2) is 4.39 Å². The maximum atomic E-state index is 12.7. The average Bonchev–Trinajstić information content (AvgIpc) is 2.44. The van der Waals surface area contributed by atoms with E-state index < -0.39 is 0 Å². The number of benzene rings is 2. The van der Waals surface area contributed by atoms with Crippen LogP contribution in [-0.4, -0.2) is 12.5 Å². The second-order valence-electron chi connectivity index (χ2n) is 4.47. The summed E-state index contributed by atoms with van der Waals surface area (Å²) in [5, 5.41) is 2.68. The minimum absolute atomic E-state index is 0.163. The van der Waals surface area contributed by atoms with E-state index in [1.165, 1.54) is 24.3 Å². The van der Waals surface area contributed by atoms with Crippen LogP contribution in [0.1, 0.15) is 12.0 Å². The minimum Gasteiger partial charge on any atom is -0.493 e. The highest BCUT2D eigenvalue weighted by atomic mass is 19.1. The molecule has 0 fully saturated rings. The molecule has 20 heavy (non-hydrogen) atoms. The second-order valence-corrected chi connectivity index (χ2v) is 4.47. The highest BCUT2D eigenvalue weighted by Gasteiger charge is 2.03. The molecule has 2 aromatic carbocycles. The molecule has 0 spiro atoms. The van der Waals surface area contributed by atoms with Crippen molar-refractivity contribution in [3.63, 3.8) is 0 Å². The third-order valence-electron chi connectivity index (χ3n) is 2.75. The van der Waals surface area contributed by atoms with E-state index >= 15 is 0 Å². The van der Waals surface area contributed by atoms with E-state index in [9.17, 15) is 9.18 Å². The average molecular weight is 273 g/mol. The molecule has 0 heterocycles. The Kier molecular flexibility index (Phi) is 4.71. The zero-order chi connectivity index (χ0) is 14.4. The van der Waals surface area contributed by atoms with Gasteiger partial charge >= 0.3 is 0 Å². The van der Waals surface area contributed by atoms with Gasteiger partial charge in [-0.1, -0.05) is 17.7 Å². The number of amides is 1. The van der Waals surface area contributed by atoms with Crippen LogP contribution in [0.15, 0.2) is 48.5 Å². The predicted octanol–water partition coefficient (Wildman–Crippen LogP) is 3.54.